The van der Waals surface area contributed by atoms with Crippen molar-refractivity contribution in [3.8, 4) is 5.75 Å². The second-order valence-corrected chi connectivity index (χ2v) is 4.23. The molecule has 2 rings (SSSR count). The van der Waals surface area contributed by atoms with E-state index in [9.17, 15) is 4.79 Å². The quantitative estimate of drug-likeness (QED) is 0.798. The first-order valence-electron chi connectivity index (χ1n) is 6.17. The van der Waals surface area contributed by atoms with Gasteiger partial charge in [-0.25, -0.2) is 0 Å². The molecular formula is C13H18N2O2. The minimum absolute atomic E-state index is 0.202. The van der Waals surface area contributed by atoms with Gasteiger partial charge in [0.15, 0.2) is 0 Å². The SMILES string of the molecule is O=C(CCOc1cccnc1)N1CCCCC1. The lowest BCUT2D eigenvalue weighted by Crippen LogP contribution is -2.36. The van der Waals surface area contributed by atoms with E-state index in [2.05, 4.69) is 4.98 Å². The molecule has 0 N–H and O–H groups in total. The highest BCUT2D eigenvalue weighted by Gasteiger charge is 2.15. The van der Waals surface area contributed by atoms with Gasteiger partial charge in [-0.05, 0) is 31.4 Å². The first-order chi connectivity index (χ1) is 8.36. The van der Waals surface area contributed by atoms with Crippen LogP contribution < -0.4 is 4.74 Å². The normalized spacial score (nSPS) is 15.6. The third kappa shape index (κ3) is 3.73. The maximum Gasteiger partial charge on any atom is 0.225 e. The predicted octanol–water partition coefficient (Wildman–Crippen LogP) is 1.86. The van der Waals surface area contributed by atoms with E-state index >= 15 is 0 Å². The van der Waals surface area contributed by atoms with Crippen LogP contribution in [-0.4, -0.2) is 35.5 Å². The smallest absolute Gasteiger partial charge is 0.225 e. The largest absolute Gasteiger partial charge is 0.491 e. The zero-order chi connectivity index (χ0) is 11.9. The van der Waals surface area contributed by atoms with Crippen LogP contribution >= 0.6 is 0 Å². The zero-order valence-electron chi connectivity index (χ0n) is 9.97. The molecule has 2 heterocycles. The Labute approximate surface area is 102 Å². The summed E-state index contributed by atoms with van der Waals surface area (Å²) in [4.78, 5) is 17.7. The molecule has 17 heavy (non-hydrogen) atoms. The minimum atomic E-state index is 0.202. The van der Waals surface area contributed by atoms with Gasteiger partial charge in [-0.15, -0.1) is 0 Å². The summed E-state index contributed by atoms with van der Waals surface area (Å²) in [7, 11) is 0. The molecule has 1 amide bonds. The van der Waals surface area contributed by atoms with Gasteiger partial charge in [-0.2, -0.15) is 0 Å². The molecule has 1 saturated heterocycles. The van der Waals surface area contributed by atoms with E-state index in [1.165, 1.54) is 6.42 Å². The summed E-state index contributed by atoms with van der Waals surface area (Å²) in [6.45, 7) is 2.25. The fraction of sp³-hybridized carbons (Fsp3) is 0.538. The van der Waals surface area contributed by atoms with Gasteiger partial charge in [0.2, 0.25) is 5.91 Å². The fourth-order valence-corrected chi connectivity index (χ4v) is 1.99. The number of rotatable bonds is 4. The highest BCUT2D eigenvalue weighted by atomic mass is 16.5. The molecular weight excluding hydrogens is 216 g/mol. The molecule has 1 aliphatic rings. The van der Waals surface area contributed by atoms with Crippen molar-refractivity contribution in [1.29, 1.82) is 0 Å². The number of hydrogen-bond donors (Lipinski definition) is 0. The molecule has 0 unspecified atom stereocenters. The lowest BCUT2D eigenvalue weighted by Gasteiger charge is -2.26. The summed E-state index contributed by atoms with van der Waals surface area (Å²) in [6, 6.07) is 3.67. The molecule has 4 nitrogen and oxygen atoms in total. The van der Waals surface area contributed by atoms with Crippen LogP contribution in [-0.2, 0) is 4.79 Å². The van der Waals surface area contributed by atoms with E-state index in [0.717, 1.165) is 31.7 Å². The summed E-state index contributed by atoms with van der Waals surface area (Å²) in [5.41, 5.74) is 0. The highest BCUT2D eigenvalue weighted by Crippen LogP contribution is 2.11. The van der Waals surface area contributed by atoms with Gasteiger partial charge in [0, 0.05) is 19.3 Å². The Hall–Kier alpha value is -1.58. The van der Waals surface area contributed by atoms with Gasteiger partial charge < -0.3 is 9.64 Å². The van der Waals surface area contributed by atoms with Crippen LogP contribution in [0.25, 0.3) is 0 Å². The van der Waals surface area contributed by atoms with E-state index in [4.69, 9.17) is 4.74 Å². The first kappa shape index (κ1) is 11.9. The van der Waals surface area contributed by atoms with E-state index in [0.29, 0.717) is 13.0 Å². The highest BCUT2D eigenvalue weighted by molar-refractivity contribution is 5.76. The van der Waals surface area contributed by atoms with Crippen molar-refractivity contribution in [3.63, 3.8) is 0 Å². The van der Waals surface area contributed by atoms with Crippen molar-refractivity contribution in [1.82, 2.24) is 9.88 Å². The summed E-state index contributed by atoms with van der Waals surface area (Å²) in [5, 5.41) is 0. The molecule has 1 aromatic heterocycles. The fourth-order valence-electron chi connectivity index (χ4n) is 1.99. The Kier molecular flexibility index (Phi) is 4.36. The summed E-state index contributed by atoms with van der Waals surface area (Å²) in [5.74, 6) is 0.924. The van der Waals surface area contributed by atoms with Gasteiger partial charge in [0.25, 0.3) is 0 Å². The predicted molar refractivity (Wildman–Crippen MR) is 64.8 cm³/mol. The molecule has 1 aromatic rings. The minimum Gasteiger partial charge on any atom is -0.491 e. The van der Waals surface area contributed by atoms with Crippen molar-refractivity contribution in [2.75, 3.05) is 19.7 Å². The molecule has 0 saturated carbocycles. The molecule has 0 aromatic carbocycles. The van der Waals surface area contributed by atoms with Gasteiger partial charge in [-0.3, -0.25) is 9.78 Å². The van der Waals surface area contributed by atoms with Crippen LogP contribution in [0.3, 0.4) is 0 Å². The van der Waals surface area contributed by atoms with Crippen LogP contribution in [0.1, 0.15) is 25.7 Å². The molecule has 0 spiro atoms. The van der Waals surface area contributed by atoms with Crippen molar-refractivity contribution >= 4 is 5.91 Å². The number of piperidine rings is 1. The number of carbonyl (C=O) groups is 1. The number of hydrogen-bond acceptors (Lipinski definition) is 3. The van der Waals surface area contributed by atoms with Gasteiger partial charge >= 0.3 is 0 Å². The molecule has 4 heteroatoms. The van der Waals surface area contributed by atoms with E-state index in [1.807, 2.05) is 17.0 Å². The van der Waals surface area contributed by atoms with E-state index in [-0.39, 0.29) is 5.91 Å². The van der Waals surface area contributed by atoms with Gasteiger partial charge in [0.05, 0.1) is 19.2 Å². The molecule has 0 atom stereocenters. The van der Waals surface area contributed by atoms with Crippen LogP contribution in [0, 0.1) is 0 Å². The maximum absolute atomic E-state index is 11.8. The monoisotopic (exact) mass is 234 g/mol. The Morgan fingerprint density at radius 2 is 2.18 bits per heavy atom. The Bertz CT molecular complexity index is 348. The number of ether oxygens (including phenoxy) is 1. The molecule has 0 radical (unpaired) electrons. The number of nitrogens with zero attached hydrogens (tertiary/aromatic N) is 2. The lowest BCUT2D eigenvalue weighted by molar-refractivity contribution is -0.132. The topological polar surface area (TPSA) is 42.4 Å². The third-order valence-corrected chi connectivity index (χ3v) is 2.93. The van der Waals surface area contributed by atoms with Crippen LogP contribution in [0.5, 0.6) is 5.75 Å². The van der Waals surface area contributed by atoms with Gasteiger partial charge in [0.1, 0.15) is 5.75 Å². The Morgan fingerprint density at radius 1 is 1.35 bits per heavy atom. The third-order valence-electron chi connectivity index (χ3n) is 2.93. The molecule has 92 valence electrons. The van der Waals surface area contributed by atoms with Crippen molar-refractivity contribution in [2.24, 2.45) is 0 Å². The summed E-state index contributed by atoms with van der Waals surface area (Å²) >= 11 is 0. The molecule has 0 bridgehead atoms. The second-order valence-electron chi connectivity index (χ2n) is 4.23. The zero-order valence-corrected chi connectivity index (χ0v) is 9.97. The molecule has 1 fully saturated rings. The number of likely N-dealkylation sites (tertiary alicyclic amines) is 1. The Morgan fingerprint density at radius 3 is 2.88 bits per heavy atom. The average molecular weight is 234 g/mol. The maximum atomic E-state index is 11.8. The van der Waals surface area contributed by atoms with E-state index < -0.39 is 0 Å². The number of carbonyl (C=O) groups excluding carboxylic acids is 1. The average Bonchev–Trinajstić information content (AvgIpc) is 2.41. The summed E-state index contributed by atoms with van der Waals surface area (Å²) in [6.07, 6.45) is 7.33. The Balaban J connectivity index is 1.69. The van der Waals surface area contributed by atoms with Crippen LogP contribution in [0.15, 0.2) is 24.5 Å². The van der Waals surface area contributed by atoms with E-state index in [1.54, 1.807) is 12.4 Å². The number of amides is 1. The second kappa shape index (κ2) is 6.23. The van der Waals surface area contributed by atoms with Crippen molar-refractivity contribution in [2.45, 2.75) is 25.7 Å². The van der Waals surface area contributed by atoms with Crippen molar-refractivity contribution in [3.05, 3.63) is 24.5 Å². The molecule has 1 aliphatic heterocycles. The standard InChI is InChI=1S/C13H18N2O2/c16-13(15-8-2-1-3-9-15)6-10-17-12-5-4-7-14-11-12/h4-5,7,11H,1-3,6,8-10H2. The number of aromatic nitrogens is 1. The summed E-state index contributed by atoms with van der Waals surface area (Å²) < 4.78 is 5.46. The van der Waals surface area contributed by atoms with Crippen LogP contribution in [0.2, 0.25) is 0 Å². The molecule has 0 aliphatic carbocycles. The van der Waals surface area contributed by atoms with Crippen molar-refractivity contribution < 1.29 is 9.53 Å². The van der Waals surface area contributed by atoms with Crippen LogP contribution in [0.4, 0.5) is 0 Å². The lowest BCUT2D eigenvalue weighted by atomic mass is 10.1. The first-order valence-corrected chi connectivity index (χ1v) is 6.17. The van der Waals surface area contributed by atoms with Gasteiger partial charge in [-0.1, -0.05) is 0 Å². The number of pyridine rings is 1.